The number of nitrogens with zero attached hydrogens (tertiary/aromatic N) is 1. The summed E-state index contributed by atoms with van der Waals surface area (Å²) in [6.45, 7) is 7.14. The molecule has 0 saturated carbocycles. The van der Waals surface area contributed by atoms with Gasteiger partial charge in [-0.25, -0.2) is 0 Å². The first-order chi connectivity index (χ1) is 9.58. The summed E-state index contributed by atoms with van der Waals surface area (Å²) in [7, 11) is 0. The number of rotatable bonds is 5. The average Bonchev–Trinajstić information content (AvgIpc) is 2.38. The first kappa shape index (κ1) is 14.9. The van der Waals surface area contributed by atoms with Crippen LogP contribution < -0.4 is 4.74 Å². The second-order valence-electron chi connectivity index (χ2n) is 5.65. The molecular formula is C16H23NO3. The van der Waals surface area contributed by atoms with Gasteiger partial charge in [0.1, 0.15) is 5.75 Å². The van der Waals surface area contributed by atoms with E-state index >= 15 is 0 Å². The largest absolute Gasteiger partial charge is 0.494 e. The van der Waals surface area contributed by atoms with Crippen molar-refractivity contribution < 1.29 is 14.6 Å². The molecule has 0 amide bonds. The molecular weight excluding hydrogens is 254 g/mol. The van der Waals surface area contributed by atoms with Crippen LogP contribution in [0.4, 0.5) is 0 Å². The monoisotopic (exact) mass is 277 g/mol. The van der Waals surface area contributed by atoms with Crippen LogP contribution in [0.1, 0.15) is 25.8 Å². The quantitative estimate of drug-likeness (QED) is 0.899. The minimum atomic E-state index is -0.676. The van der Waals surface area contributed by atoms with Crippen LogP contribution in [0.3, 0.4) is 0 Å². The highest BCUT2D eigenvalue weighted by atomic mass is 16.5. The van der Waals surface area contributed by atoms with Gasteiger partial charge in [0.05, 0.1) is 12.5 Å². The van der Waals surface area contributed by atoms with Gasteiger partial charge in [-0.15, -0.1) is 0 Å². The molecule has 1 aromatic rings. The summed E-state index contributed by atoms with van der Waals surface area (Å²) in [6.07, 6.45) is 0.783. The van der Waals surface area contributed by atoms with Crippen LogP contribution in [-0.4, -0.2) is 35.7 Å². The van der Waals surface area contributed by atoms with Gasteiger partial charge < -0.3 is 9.84 Å². The highest BCUT2D eigenvalue weighted by molar-refractivity contribution is 5.70. The molecule has 4 nitrogen and oxygen atoms in total. The fraction of sp³-hybridized carbons (Fsp3) is 0.562. The number of benzene rings is 1. The third kappa shape index (κ3) is 3.97. The zero-order valence-corrected chi connectivity index (χ0v) is 12.2. The summed E-state index contributed by atoms with van der Waals surface area (Å²) in [4.78, 5) is 13.4. The lowest BCUT2D eigenvalue weighted by Gasteiger charge is -2.34. The molecule has 0 bridgehead atoms. The van der Waals surface area contributed by atoms with E-state index in [1.165, 1.54) is 5.56 Å². The lowest BCUT2D eigenvalue weighted by Crippen LogP contribution is -2.41. The van der Waals surface area contributed by atoms with E-state index in [1.54, 1.807) is 0 Å². The maximum Gasteiger partial charge on any atom is 0.307 e. The van der Waals surface area contributed by atoms with Crippen molar-refractivity contribution in [3.05, 3.63) is 29.8 Å². The Morgan fingerprint density at radius 1 is 1.45 bits per heavy atom. The summed E-state index contributed by atoms with van der Waals surface area (Å²) in [6, 6.07) is 8.05. The van der Waals surface area contributed by atoms with Crippen molar-refractivity contribution in [2.24, 2.45) is 11.8 Å². The number of aliphatic carboxylic acids is 1. The van der Waals surface area contributed by atoms with Gasteiger partial charge >= 0.3 is 5.97 Å². The Balaban J connectivity index is 2.01. The number of likely N-dealkylation sites (tertiary alicyclic amines) is 1. The van der Waals surface area contributed by atoms with Crippen LogP contribution in [0.5, 0.6) is 5.75 Å². The number of carbonyl (C=O) groups is 1. The fourth-order valence-corrected chi connectivity index (χ4v) is 2.93. The summed E-state index contributed by atoms with van der Waals surface area (Å²) >= 11 is 0. The Hall–Kier alpha value is -1.55. The molecule has 1 saturated heterocycles. The van der Waals surface area contributed by atoms with E-state index in [4.69, 9.17) is 4.74 Å². The third-order valence-corrected chi connectivity index (χ3v) is 3.70. The molecule has 0 radical (unpaired) electrons. The van der Waals surface area contributed by atoms with Gasteiger partial charge in [-0.3, -0.25) is 9.69 Å². The minimum absolute atomic E-state index is 0.242. The Kier molecular flexibility index (Phi) is 5.01. The van der Waals surface area contributed by atoms with Crippen LogP contribution in [-0.2, 0) is 11.3 Å². The zero-order valence-electron chi connectivity index (χ0n) is 12.2. The van der Waals surface area contributed by atoms with Gasteiger partial charge in [-0.05, 0) is 37.0 Å². The van der Waals surface area contributed by atoms with E-state index in [0.717, 1.165) is 25.3 Å². The minimum Gasteiger partial charge on any atom is -0.494 e. The van der Waals surface area contributed by atoms with Crippen LogP contribution >= 0.6 is 0 Å². The number of piperidine rings is 1. The van der Waals surface area contributed by atoms with E-state index in [1.807, 2.05) is 25.1 Å². The standard InChI is InChI=1S/C16H23NO3/c1-3-20-15-6-4-5-13(8-15)10-17-9-12(2)7-14(11-17)16(18)19/h4-6,8,12,14H,3,7,9-11H2,1-2H3,(H,18,19). The number of carboxylic acids is 1. The van der Waals surface area contributed by atoms with E-state index < -0.39 is 5.97 Å². The predicted octanol–water partition coefficient (Wildman–Crippen LogP) is 2.63. The van der Waals surface area contributed by atoms with Gasteiger partial charge in [-0.1, -0.05) is 19.1 Å². The van der Waals surface area contributed by atoms with Crippen LogP contribution in [0, 0.1) is 11.8 Å². The molecule has 1 fully saturated rings. The topological polar surface area (TPSA) is 49.8 Å². The highest BCUT2D eigenvalue weighted by Crippen LogP contribution is 2.24. The molecule has 20 heavy (non-hydrogen) atoms. The maximum atomic E-state index is 11.2. The zero-order chi connectivity index (χ0) is 14.5. The van der Waals surface area contributed by atoms with Gasteiger partial charge in [0.2, 0.25) is 0 Å². The summed E-state index contributed by atoms with van der Waals surface area (Å²) in [5.41, 5.74) is 1.18. The Morgan fingerprint density at radius 3 is 2.95 bits per heavy atom. The van der Waals surface area contributed by atoms with E-state index in [0.29, 0.717) is 19.1 Å². The molecule has 0 aliphatic carbocycles. The van der Waals surface area contributed by atoms with Crippen molar-refractivity contribution in [3.8, 4) is 5.75 Å². The first-order valence-corrected chi connectivity index (χ1v) is 7.25. The van der Waals surface area contributed by atoms with Crippen molar-refractivity contribution in [2.45, 2.75) is 26.8 Å². The summed E-state index contributed by atoms with van der Waals surface area (Å²) in [5.74, 6) is 0.392. The van der Waals surface area contributed by atoms with Gasteiger partial charge in [-0.2, -0.15) is 0 Å². The second kappa shape index (κ2) is 6.75. The Labute approximate surface area is 120 Å². The fourth-order valence-electron chi connectivity index (χ4n) is 2.93. The van der Waals surface area contributed by atoms with E-state index in [2.05, 4.69) is 17.9 Å². The van der Waals surface area contributed by atoms with Gasteiger partial charge in [0, 0.05) is 19.6 Å². The molecule has 0 aromatic heterocycles. The SMILES string of the molecule is CCOc1cccc(CN2CC(C)CC(C(=O)O)C2)c1. The van der Waals surface area contributed by atoms with Crippen LogP contribution in [0.15, 0.2) is 24.3 Å². The normalized spacial score (nSPS) is 23.5. The van der Waals surface area contributed by atoms with Crippen molar-refractivity contribution in [1.29, 1.82) is 0 Å². The van der Waals surface area contributed by atoms with Gasteiger partial charge in [0.25, 0.3) is 0 Å². The number of hydrogen-bond acceptors (Lipinski definition) is 3. The van der Waals surface area contributed by atoms with E-state index in [-0.39, 0.29) is 5.92 Å². The van der Waals surface area contributed by atoms with Crippen LogP contribution in [0.25, 0.3) is 0 Å². The Morgan fingerprint density at radius 2 is 2.25 bits per heavy atom. The van der Waals surface area contributed by atoms with Crippen molar-refractivity contribution >= 4 is 5.97 Å². The van der Waals surface area contributed by atoms with E-state index in [9.17, 15) is 9.90 Å². The second-order valence-corrected chi connectivity index (χ2v) is 5.65. The molecule has 2 atom stereocenters. The van der Waals surface area contributed by atoms with Crippen LogP contribution in [0.2, 0.25) is 0 Å². The highest BCUT2D eigenvalue weighted by Gasteiger charge is 2.29. The van der Waals surface area contributed by atoms with Gasteiger partial charge in [0.15, 0.2) is 0 Å². The number of ether oxygens (including phenoxy) is 1. The molecule has 2 unspecified atom stereocenters. The summed E-state index contributed by atoms with van der Waals surface area (Å²) in [5, 5.41) is 9.21. The molecule has 1 N–H and O–H groups in total. The van der Waals surface area contributed by atoms with Crippen molar-refractivity contribution in [3.63, 3.8) is 0 Å². The number of hydrogen-bond donors (Lipinski definition) is 1. The smallest absolute Gasteiger partial charge is 0.307 e. The molecule has 1 aliphatic rings. The molecule has 2 rings (SSSR count). The third-order valence-electron chi connectivity index (χ3n) is 3.70. The Bertz CT molecular complexity index is 461. The molecule has 110 valence electrons. The first-order valence-electron chi connectivity index (χ1n) is 7.25. The summed E-state index contributed by atoms with van der Waals surface area (Å²) < 4.78 is 5.50. The average molecular weight is 277 g/mol. The molecule has 1 aromatic carbocycles. The molecule has 4 heteroatoms. The van der Waals surface area contributed by atoms with Crippen molar-refractivity contribution in [1.82, 2.24) is 4.90 Å². The lowest BCUT2D eigenvalue weighted by molar-refractivity contribution is -0.144. The number of carboxylic acid groups (broad SMARTS) is 1. The molecule has 1 heterocycles. The van der Waals surface area contributed by atoms with Crippen molar-refractivity contribution in [2.75, 3.05) is 19.7 Å². The molecule has 1 aliphatic heterocycles. The molecule has 0 spiro atoms. The lowest BCUT2D eigenvalue weighted by atomic mass is 9.90. The maximum absolute atomic E-state index is 11.2. The predicted molar refractivity (Wildman–Crippen MR) is 77.8 cm³/mol.